The van der Waals surface area contributed by atoms with Gasteiger partial charge in [0.05, 0.1) is 5.69 Å². The Labute approximate surface area is 146 Å². The Kier molecular flexibility index (Phi) is 4.29. The zero-order valence-corrected chi connectivity index (χ0v) is 14.0. The minimum atomic E-state index is 0.231. The third-order valence-corrected chi connectivity index (χ3v) is 4.52. The Morgan fingerprint density at radius 3 is 2.64 bits per heavy atom. The summed E-state index contributed by atoms with van der Waals surface area (Å²) in [6, 6.07) is 15.1. The van der Waals surface area contributed by atoms with Crippen molar-refractivity contribution in [2.45, 2.75) is 32.2 Å². The molecule has 0 amide bonds. The highest BCUT2D eigenvalue weighted by Crippen LogP contribution is 2.25. The summed E-state index contributed by atoms with van der Waals surface area (Å²) >= 11 is 0. The SMILES string of the molecule is Oc1ccccc1C=Nc1ccc(-c2nnc3n2CCCCC3)cc1. The van der Waals surface area contributed by atoms with E-state index in [0.717, 1.165) is 35.9 Å². The molecule has 5 nitrogen and oxygen atoms in total. The van der Waals surface area contributed by atoms with E-state index in [0.29, 0.717) is 5.56 Å². The number of phenols is 1. The first-order valence-corrected chi connectivity index (χ1v) is 8.66. The lowest BCUT2D eigenvalue weighted by molar-refractivity contribution is 0.474. The molecule has 25 heavy (non-hydrogen) atoms. The number of benzene rings is 2. The summed E-state index contributed by atoms with van der Waals surface area (Å²) in [5.74, 6) is 2.26. The molecule has 0 saturated heterocycles. The topological polar surface area (TPSA) is 63.3 Å². The summed E-state index contributed by atoms with van der Waals surface area (Å²) in [4.78, 5) is 4.43. The van der Waals surface area contributed by atoms with Gasteiger partial charge in [-0.2, -0.15) is 0 Å². The predicted molar refractivity (Wildman–Crippen MR) is 98.4 cm³/mol. The first-order chi connectivity index (χ1) is 12.3. The van der Waals surface area contributed by atoms with Crippen LogP contribution < -0.4 is 0 Å². The monoisotopic (exact) mass is 332 g/mol. The smallest absolute Gasteiger partial charge is 0.163 e. The van der Waals surface area contributed by atoms with Gasteiger partial charge >= 0.3 is 0 Å². The van der Waals surface area contributed by atoms with Crippen LogP contribution in [0.1, 0.15) is 30.7 Å². The van der Waals surface area contributed by atoms with E-state index in [2.05, 4.69) is 19.8 Å². The molecule has 1 aliphatic heterocycles. The number of aromatic nitrogens is 3. The molecule has 0 aliphatic carbocycles. The Bertz CT molecular complexity index is 896. The number of phenolic OH excluding ortho intramolecular Hbond substituents is 1. The summed E-state index contributed by atoms with van der Waals surface area (Å²) in [7, 11) is 0. The molecule has 0 spiro atoms. The Morgan fingerprint density at radius 2 is 1.80 bits per heavy atom. The fourth-order valence-electron chi connectivity index (χ4n) is 3.14. The van der Waals surface area contributed by atoms with Gasteiger partial charge in [-0.05, 0) is 49.2 Å². The predicted octanol–water partition coefficient (Wildman–Crippen LogP) is 4.13. The van der Waals surface area contributed by atoms with Crippen LogP contribution in [-0.2, 0) is 13.0 Å². The standard InChI is InChI=1S/C20H20N4O/c25-18-7-4-3-6-16(18)14-21-17-11-9-15(10-12-17)20-23-22-19-8-2-1-5-13-24(19)20/h3-4,6-7,9-12,14,25H,1-2,5,8,13H2. The molecule has 2 aromatic carbocycles. The van der Waals surface area contributed by atoms with E-state index in [4.69, 9.17) is 0 Å². The molecule has 0 fully saturated rings. The lowest BCUT2D eigenvalue weighted by Gasteiger charge is -2.07. The number of hydrogen-bond acceptors (Lipinski definition) is 4. The van der Waals surface area contributed by atoms with Crippen molar-refractivity contribution in [2.75, 3.05) is 0 Å². The number of hydrogen-bond donors (Lipinski definition) is 1. The van der Waals surface area contributed by atoms with Gasteiger partial charge in [0.2, 0.25) is 0 Å². The van der Waals surface area contributed by atoms with Crippen molar-refractivity contribution in [3.63, 3.8) is 0 Å². The maximum atomic E-state index is 9.78. The normalized spacial score (nSPS) is 14.4. The van der Waals surface area contributed by atoms with Crippen LogP contribution in [-0.4, -0.2) is 26.1 Å². The van der Waals surface area contributed by atoms with Crippen molar-refractivity contribution >= 4 is 11.9 Å². The first-order valence-electron chi connectivity index (χ1n) is 8.66. The highest BCUT2D eigenvalue weighted by atomic mass is 16.3. The van der Waals surface area contributed by atoms with Gasteiger partial charge < -0.3 is 9.67 Å². The van der Waals surface area contributed by atoms with Crippen LogP contribution in [0.3, 0.4) is 0 Å². The van der Waals surface area contributed by atoms with Gasteiger partial charge in [-0.15, -0.1) is 10.2 Å². The van der Waals surface area contributed by atoms with Crippen LogP contribution in [0.2, 0.25) is 0 Å². The largest absolute Gasteiger partial charge is 0.507 e. The average molecular weight is 332 g/mol. The van der Waals surface area contributed by atoms with E-state index in [-0.39, 0.29) is 5.75 Å². The van der Waals surface area contributed by atoms with E-state index in [1.54, 1.807) is 18.3 Å². The number of aromatic hydroxyl groups is 1. The summed E-state index contributed by atoms with van der Waals surface area (Å²) in [5.41, 5.74) is 2.60. The van der Waals surface area contributed by atoms with E-state index in [1.807, 2.05) is 36.4 Å². The quantitative estimate of drug-likeness (QED) is 0.734. The molecule has 0 radical (unpaired) electrons. The van der Waals surface area contributed by atoms with Gasteiger partial charge in [0.15, 0.2) is 5.82 Å². The second kappa shape index (κ2) is 6.89. The molecule has 4 rings (SSSR count). The van der Waals surface area contributed by atoms with Crippen molar-refractivity contribution in [3.05, 3.63) is 59.9 Å². The maximum Gasteiger partial charge on any atom is 0.163 e. The van der Waals surface area contributed by atoms with Gasteiger partial charge in [0.1, 0.15) is 11.6 Å². The summed E-state index contributed by atoms with van der Waals surface area (Å²) in [6.07, 6.45) is 6.31. The fraction of sp³-hybridized carbons (Fsp3) is 0.250. The van der Waals surface area contributed by atoms with E-state index in [9.17, 15) is 5.11 Å². The van der Waals surface area contributed by atoms with Gasteiger partial charge in [-0.1, -0.05) is 18.6 Å². The van der Waals surface area contributed by atoms with E-state index in [1.165, 1.54) is 19.3 Å². The van der Waals surface area contributed by atoms with Crippen LogP contribution in [0, 0.1) is 0 Å². The first kappa shape index (κ1) is 15.6. The second-order valence-electron chi connectivity index (χ2n) is 6.27. The molecular weight excluding hydrogens is 312 g/mol. The molecule has 0 atom stereocenters. The highest BCUT2D eigenvalue weighted by molar-refractivity contribution is 5.85. The number of aryl methyl sites for hydroxylation is 1. The molecule has 2 heterocycles. The summed E-state index contributed by atoms with van der Waals surface area (Å²) < 4.78 is 2.24. The van der Waals surface area contributed by atoms with Gasteiger partial charge in [-0.25, -0.2) is 0 Å². The van der Waals surface area contributed by atoms with E-state index >= 15 is 0 Å². The summed E-state index contributed by atoms with van der Waals surface area (Å²) in [5, 5.41) is 18.5. The molecule has 1 aromatic heterocycles. The zero-order chi connectivity index (χ0) is 17.1. The van der Waals surface area contributed by atoms with Crippen molar-refractivity contribution in [3.8, 4) is 17.1 Å². The third kappa shape index (κ3) is 3.31. The molecule has 3 aromatic rings. The molecule has 5 heteroatoms. The maximum absolute atomic E-state index is 9.78. The van der Waals surface area contributed by atoms with Gasteiger partial charge in [-0.3, -0.25) is 4.99 Å². The molecule has 0 bridgehead atoms. The fourth-order valence-corrected chi connectivity index (χ4v) is 3.14. The summed E-state index contributed by atoms with van der Waals surface area (Å²) in [6.45, 7) is 0.991. The van der Waals surface area contributed by atoms with Crippen molar-refractivity contribution in [1.82, 2.24) is 14.8 Å². The van der Waals surface area contributed by atoms with Crippen LogP contribution in [0.5, 0.6) is 5.75 Å². The third-order valence-electron chi connectivity index (χ3n) is 4.52. The van der Waals surface area contributed by atoms with Crippen molar-refractivity contribution < 1.29 is 5.11 Å². The number of nitrogens with zero attached hydrogens (tertiary/aromatic N) is 4. The second-order valence-corrected chi connectivity index (χ2v) is 6.27. The molecule has 0 unspecified atom stereocenters. The molecule has 1 N–H and O–H groups in total. The Hall–Kier alpha value is -2.95. The van der Waals surface area contributed by atoms with Crippen LogP contribution >= 0.6 is 0 Å². The Balaban J connectivity index is 1.57. The average Bonchev–Trinajstić information content (AvgIpc) is 2.90. The molecule has 126 valence electrons. The lowest BCUT2D eigenvalue weighted by Crippen LogP contribution is -2.02. The van der Waals surface area contributed by atoms with E-state index < -0.39 is 0 Å². The van der Waals surface area contributed by atoms with Crippen LogP contribution in [0.15, 0.2) is 53.5 Å². The van der Waals surface area contributed by atoms with Crippen molar-refractivity contribution in [2.24, 2.45) is 4.99 Å². The van der Waals surface area contributed by atoms with Gasteiger partial charge in [0, 0.05) is 30.3 Å². The molecule has 1 aliphatic rings. The number of para-hydroxylation sites is 1. The molecular formula is C20H20N4O. The minimum Gasteiger partial charge on any atom is -0.507 e. The lowest BCUT2D eigenvalue weighted by atomic mass is 10.2. The highest BCUT2D eigenvalue weighted by Gasteiger charge is 2.15. The van der Waals surface area contributed by atoms with Crippen molar-refractivity contribution in [1.29, 1.82) is 0 Å². The molecule has 0 saturated carbocycles. The number of rotatable bonds is 3. The van der Waals surface area contributed by atoms with Crippen LogP contribution in [0.25, 0.3) is 11.4 Å². The zero-order valence-electron chi connectivity index (χ0n) is 14.0. The number of aliphatic imine (C=N–C) groups is 1. The van der Waals surface area contributed by atoms with Gasteiger partial charge in [0.25, 0.3) is 0 Å². The minimum absolute atomic E-state index is 0.231. The number of fused-ring (bicyclic) bond motifs is 1. The Morgan fingerprint density at radius 1 is 0.960 bits per heavy atom. The van der Waals surface area contributed by atoms with Crippen LogP contribution in [0.4, 0.5) is 5.69 Å².